The van der Waals surface area contributed by atoms with Crippen LogP contribution in [0, 0.1) is 0 Å². The topological polar surface area (TPSA) is 41.1 Å². The van der Waals surface area contributed by atoms with E-state index in [1.165, 1.54) is 19.3 Å². The molecule has 1 aliphatic rings. The fourth-order valence-corrected chi connectivity index (χ4v) is 3.56. The van der Waals surface area contributed by atoms with Crippen molar-refractivity contribution in [1.82, 2.24) is 5.32 Å². The molecule has 0 spiro atoms. The van der Waals surface area contributed by atoms with Crippen LogP contribution in [0.1, 0.15) is 43.0 Å². The SMILES string of the molecule is CCCNc1ccc(Cl)cc1C(=O)NCC1(SC)CCC1. The third-order valence-electron chi connectivity index (χ3n) is 4.06. The van der Waals surface area contributed by atoms with Gasteiger partial charge in [-0.1, -0.05) is 24.9 Å². The molecule has 0 aromatic heterocycles. The molecule has 1 saturated carbocycles. The van der Waals surface area contributed by atoms with E-state index in [4.69, 9.17) is 11.6 Å². The molecule has 0 heterocycles. The van der Waals surface area contributed by atoms with Gasteiger partial charge in [0.1, 0.15) is 0 Å². The second-order valence-electron chi connectivity index (χ2n) is 5.54. The standard InChI is InChI=1S/C16H23ClN2OS/c1-3-9-18-14-6-5-12(17)10-13(14)15(20)19-11-16(21-2)7-4-8-16/h5-6,10,18H,3-4,7-9,11H2,1-2H3,(H,19,20). The molecule has 1 aromatic carbocycles. The summed E-state index contributed by atoms with van der Waals surface area (Å²) < 4.78 is 0.241. The summed E-state index contributed by atoms with van der Waals surface area (Å²) in [5.74, 6) is -0.0450. The minimum atomic E-state index is -0.0450. The van der Waals surface area contributed by atoms with Crippen LogP contribution in [0.4, 0.5) is 5.69 Å². The van der Waals surface area contributed by atoms with E-state index in [0.717, 1.165) is 25.2 Å². The minimum Gasteiger partial charge on any atom is -0.384 e. The molecule has 116 valence electrons. The van der Waals surface area contributed by atoms with Gasteiger partial charge < -0.3 is 10.6 Å². The summed E-state index contributed by atoms with van der Waals surface area (Å²) in [6, 6.07) is 5.42. The highest BCUT2D eigenvalue weighted by atomic mass is 35.5. The molecule has 2 rings (SSSR count). The van der Waals surface area contributed by atoms with Crippen LogP contribution in [0.15, 0.2) is 18.2 Å². The number of thioether (sulfide) groups is 1. The summed E-state index contributed by atoms with van der Waals surface area (Å²) in [5.41, 5.74) is 1.48. The van der Waals surface area contributed by atoms with E-state index in [9.17, 15) is 4.79 Å². The number of carbonyl (C=O) groups excluding carboxylic acids is 1. The maximum absolute atomic E-state index is 12.5. The van der Waals surface area contributed by atoms with Crippen molar-refractivity contribution in [1.29, 1.82) is 0 Å². The van der Waals surface area contributed by atoms with E-state index in [1.54, 1.807) is 6.07 Å². The maximum Gasteiger partial charge on any atom is 0.253 e. The van der Waals surface area contributed by atoms with Gasteiger partial charge in [0.05, 0.1) is 5.56 Å². The summed E-state index contributed by atoms with van der Waals surface area (Å²) in [6.07, 6.45) is 6.77. The van der Waals surface area contributed by atoms with Crippen molar-refractivity contribution in [2.24, 2.45) is 0 Å². The van der Waals surface area contributed by atoms with Gasteiger partial charge in [0.2, 0.25) is 0 Å². The summed E-state index contributed by atoms with van der Waals surface area (Å²) in [4.78, 5) is 12.5. The number of anilines is 1. The highest BCUT2D eigenvalue weighted by molar-refractivity contribution is 8.00. The Morgan fingerprint density at radius 2 is 2.19 bits per heavy atom. The molecule has 0 saturated heterocycles. The predicted octanol–water partition coefficient (Wildman–Crippen LogP) is 4.18. The Hall–Kier alpha value is -0.870. The van der Waals surface area contributed by atoms with Crippen LogP contribution in [0.5, 0.6) is 0 Å². The lowest BCUT2D eigenvalue weighted by Gasteiger charge is -2.40. The van der Waals surface area contributed by atoms with E-state index in [0.29, 0.717) is 10.6 Å². The van der Waals surface area contributed by atoms with Gasteiger partial charge in [-0.05, 0) is 43.7 Å². The lowest BCUT2D eigenvalue weighted by Crippen LogP contribution is -2.45. The van der Waals surface area contributed by atoms with E-state index in [1.807, 2.05) is 23.9 Å². The van der Waals surface area contributed by atoms with Gasteiger partial charge in [0.15, 0.2) is 0 Å². The molecular weight excluding hydrogens is 304 g/mol. The molecule has 0 aliphatic heterocycles. The zero-order valence-corrected chi connectivity index (χ0v) is 14.2. The van der Waals surface area contributed by atoms with Gasteiger partial charge in [-0.2, -0.15) is 11.8 Å². The number of halogens is 1. The normalized spacial score (nSPS) is 16.1. The number of hydrogen-bond acceptors (Lipinski definition) is 3. The molecule has 0 unspecified atom stereocenters. The van der Waals surface area contributed by atoms with Crippen molar-refractivity contribution in [3.8, 4) is 0 Å². The second-order valence-corrected chi connectivity index (χ2v) is 7.25. The first-order valence-electron chi connectivity index (χ1n) is 7.47. The van der Waals surface area contributed by atoms with Crippen molar-refractivity contribution in [3.05, 3.63) is 28.8 Å². The molecule has 1 aromatic rings. The summed E-state index contributed by atoms with van der Waals surface area (Å²) in [5, 5.41) is 6.95. The molecule has 21 heavy (non-hydrogen) atoms. The molecular formula is C16H23ClN2OS. The first-order valence-corrected chi connectivity index (χ1v) is 9.07. The van der Waals surface area contributed by atoms with Crippen LogP contribution in [0.25, 0.3) is 0 Å². The van der Waals surface area contributed by atoms with E-state index < -0.39 is 0 Å². The van der Waals surface area contributed by atoms with Crippen molar-refractivity contribution < 1.29 is 4.79 Å². The summed E-state index contributed by atoms with van der Waals surface area (Å²) in [6.45, 7) is 3.67. The molecule has 3 nitrogen and oxygen atoms in total. The lowest BCUT2D eigenvalue weighted by molar-refractivity contribution is 0.0944. The molecule has 1 aliphatic carbocycles. The van der Waals surface area contributed by atoms with Crippen LogP contribution in [-0.4, -0.2) is 30.0 Å². The summed E-state index contributed by atoms with van der Waals surface area (Å²) >= 11 is 7.90. The van der Waals surface area contributed by atoms with Crippen molar-refractivity contribution in [2.75, 3.05) is 24.7 Å². The molecule has 0 atom stereocenters. The van der Waals surface area contributed by atoms with Crippen molar-refractivity contribution in [3.63, 3.8) is 0 Å². The van der Waals surface area contributed by atoms with Gasteiger partial charge >= 0.3 is 0 Å². The Kier molecular flexibility index (Phi) is 5.82. The average Bonchev–Trinajstić information content (AvgIpc) is 2.45. The fraction of sp³-hybridized carbons (Fsp3) is 0.562. The number of rotatable bonds is 7. The van der Waals surface area contributed by atoms with Gasteiger partial charge in [-0.3, -0.25) is 4.79 Å². The van der Waals surface area contributed by atoms with Crippen LogP contribution in [0.3, 0.4) is 0 Å². The maximum atomic E-state index is 12.5. The first kappa shape index (κ1) is 16.5. The molecule has 1 amide bonds. The Balaban J connectivity index is 2.05. The largest absolute Gasteiger partial charge is 0.384 e. The Morgan fingerprint density at radius 1 is 1.43 bits per heavy atom. The van der Waals surface area contributed by atoms with Crippen molar-refractivity contribution >= 4 is 35.0 Å². The number of amides is 1. The van der Waals surface area contributed by atoms with Crippen LogP contribution in [0.2, 0.25) is 5.02 Å². The highest BCUT2D eigenvalue weighted by Crippen LogP contribution is 2.42. The third-order valence-corrected chi connectivity index (χ3v) is 5.71. The molecule has 0 radical (unpaired) electrons. The summed E-state index contributed by atoms with van der Waals surface area (Å²) in [7, 11) is 0. The second kappa shape index (κ2) is 7.41. The average molecular weight is 327 g/mol. The van der Waals surface area contributed by atoms with Gasteiger partial charge in [0.25, 0.3) is 5.91 Å². The monoisotopic (exact) mass is 326 g/mol. The van der Waals surface area contributed by atoms with Crippen molar-refractivity contribution in [2.45, 2.75) is 37.4 Å². The van der Waals surface area contributed by atoms with E-state index in [2.05, 4.69) is 23.8 Å². The van der Waals surface area contributed by atoms with E-state index >= 15 is 0 Å². The third kappa shape index (κ3) is 4.07. The smallest absolute Gasteiger partial charge is 0.253 e. The minimum absolute atomic E-state index is 0.0450. The molecule has 5 heteroatoms. The quantitative estimate of drug-likeness (QED) is 0.790. The van der Waals surface area contributed by atoms with Gasteiger partial charge in [-0.25, -0.2) is 0 Å². The zero-order chi connectivity index (χ0) is 15.3. The van der Waals surface area contributed by atoms with Gasteiger partial charge in [0, 0.05) is 28.5 Å². The lowest BCUT2D eigenvalue weighted by atomic mass is 9.84. The molecule has 0 bridgehead atoms. The van der Waals surface area contributed by atoms with Crippen LogP contribution >= 0.6 is 23.4 Å². The van der Waals surface area contributed by atoms with Crippen LogP contribution in [-0.2, 0) is 0 Å². The van der Waals surface area contributed by atoms with Gasteiger partial charge in [-0.15, -0.1) is 0 Å². The zero-order valence-electron chi connectivity index (χ0n) is 12.7. The highest BCUT2D eigenvalue weighted by Gasteiger charge is 2.36. The number of benzene rings is 1. The Bertz CT molecular complexity index is 498. The Labute approximate surface area is 136 Å². The predicted molar refractivity (Wildman–Crippen MR) is 92.7 cm³/mol. The fourth-order valence-electron chi connectivity index (χ4n) is 2.48. The van der Waals surface area contributed by atoms with E-state index in [-0.39, 0.29) is 10.7 Å². The van der Waals surface area contributed by atoms with Crippen LogP contribution < -0.4 is 10.6 Å². The number of hydrogen-bond donors (Lipinski definition) is 2. The Morgan fingerprint density at radius 3 is 2.76 bits per heavy atom. The first-order chi connectivity index (χ1) is 10.1. The number of carbonyl (C=O) groups is 1. The molecule has 1 fully saturated rings. The number of nitrogens with one attached hydrogen (secondary N) is 2. The molecule has 2 N–H and O–H groups in total.